The Kier molecular flexibility index (Phi) is 3.26. The quantitative estimate of drug-likeness (QED) is 0.800. The van der Waals surface area contributed by atoms with Crippen LogP contribution in [0.2, 0.25) is 0 Å². The smallest absolute Gasteiger partial charge is 0.128 e. The minimum Gasteiger partial charge on any atom is -0.361 e. The summed E-state index contributed by atoms with van der Waals surface area (Å²) in [6, 6.07) is 8.34. The number of hydrogen-bond donors (Lipinski definition) is 0. The molecule has 2 aromatic rings. The number of benzene rings is 1. The van der Waals surface area contributed by atoms with E-state index in [2.05, 4.69) is 42.5 Å². The Balaban J connectivity index is 1.94. The van der Waals surface area contributed by atoms with E-state index >= 15 is 0 Å². The van der Waals surface area contributed by atoms with Gasteiger partial charge in [-0.3, -0.25) is 0 Å². The third-order valence-corrected chi connectivity index (χ3v) is 4.07. The van der Waals surface area contributed by atoms with Gasteiger partial charge in [0.2, 0.25) is 0 Å². The van der Waals surface area contributed by atoms with Crippen molar-refractivity contribution in [2.24, 2.45) is 0 Å². The fourth-order valence-electron chi connectivity index (χ4n) is 2.41. The van der Waals surface area contributed by atoms with Gasteiger partial charge in [0.15, 0.2) is 0 Å². The minimum absolute atomic E-state index is 0.733. The number of aromatic nitrogens is 2. The Bertz CT molecular complexity index is 641. The predicted octanol–water partition coefficient (Wildman–Crippen LogP) is 2.67. The largest absolute Gasteiger partial charge is 0.361 e. The van der Waals surface area contributed by atoms with Crippen molar-refractivity contribution in [2.75, 3.05) is 11.4 Å². The van der Waals surface area contributed by atoms with Crippen molar-refractivity contribution in [2.45, 2.75) is 18.4 Å². The van der Waals surface area contributed by atoms with Crippen molar-refractivity contribution in [3.63, 3.8) is 0 Å². The number of imidazole rings is 1. The van der Waals surface area contributed by atoms with Crippen molar-refractivity contribution in [1.82, 2.24) is 9.55 Å². The fraction of sp³-hybridized carbons (Fsp3) is 0.286. The van der Waals surface area contributed by atoms with Crippen LogP contribution < -0.4 is 4.90 Å². The molecule has 4 nitrogen and oxygen atoms in total. The van der Waals surface area contributed by atoms with Gasteiger partial charge in [-0.15, -0.1) is 0 Å². The molecule has 0 saturated carbocycles. The van der Waals surface area contributed by atoms with E-state index in [1.807, 2.05) is 24.5 Å². The first-order valence-electron chi connectivity index (χ1n) is 6.16. The third kappa shape index (κ3) is 2.24. The van der Waals surface area contributed by atoms with Gasteiger partial charge in [0.1, 0.15) is 11.9 Å². The predicted molar refractivity (Wildman–Crippen MR) is 77.1 cm³/mol. The van der Waals surface area contributed by atoms with Crippen LogP contribution in [0, 0.1) is 11.3 Å². The van der Waals surface area contributed by atoms with Gasteiger partial charge in [-0.05, 0) is 17.7 Å². The Morgan fingerprint density at radius 2 is 2.26 bits per heavy atom. The number of anilines is 1. The first-order valence-corrected chi connectivity index (χ1v) is 7.28. The van der Waals surface area contributed by atoms with Crippen molar-refractivity contribution in [3.05, 3.63) is 47.5 Å². The molecule has 0 unspecified atom stereocenters. The molecule has 0 aliphatic carbocycles. The van der Waals surface area contributed by atoms with Crippen LogP contribution in [0.3, 0.4) is 0 Å². The monoisotopic (exact) mass is 316 g/mol. The van der Waals surface area contributed by atoms with E-state index in [0.717, 1.165) is 47.6 Å². The van der Waals surface area contributed by atoms with Gasteiger partial charge >= 0.3 is 0 Å². The highest BCUT2D eigenvalue weighted by Crippen LogP contribution is 2.25. The summed E-state index contributed by atoms with van der Waals surface area (Å²) in [5.41, 5.74) is 2.86. The number of nitriles is 1. The van der Waals surface area contributed by atoms with Gasteiger partial charge in [0, 0.05) is 30.8 Å². The Labute approximate surface area is 120 Å². The zero-order chi connectivity index (χ0) is 13.2. The number of nitrogens with zero attached hydrogens (tertiary/aromatic N) is 4. The van der Waals surface area contributed by atoms with E-state index in [1.165, 1.54) is 0 Å². The Morgan fingerprint density at radius 1 is 1.37 bits per heavy atom. The molecule has 0 bridgehead atoms. The van der Waals surface area contributed by atoms with Gasteiger partial charge in [-0.1, -0.05) is 22.0 Å². The molecular formula is C14H13BrN4. The highest BCUT2D eigenvalue weighted by Gasteiger charge is 2.19. The summed E-state index contributed by atoms with van der Waals surface area (Å²) in [4.78, 5) is 6.57. The van der Waals surface area contributed by atoms with Crippen molar-refractivity contribution < 1.29 is 0 Å². The van der Waals surface area contributed by atoms with Crippen LogP contribution in [-0.4, -0.2) is 16.1 Å². The lowest BCUT2D eigenvalue weighted by Gasteiger charge is -2.30. The van der Waals surface area contributed by atoms with E-state index in [0.29, 0.717) is 0 Å². The van der Waals surface area contributed by atoms with Crippen molar-refractivity contribution in [3.8, 4) is 6.07 Å². The summed E-state index contributed by atoms with van der Waals surface area (Å²) in [6.45, 7) is 2.58. The second-order valence-electron chi connectivity index (χ2n) is 4.56. The molecule has 0 spiro atoms. The van der Waals surface area contributed by atoms with Gasteiger partial charge in [-0.25, -0.2) is 4.98 Å². The van der Waals surface area contributed by atoms with E-state index < -0.39 is 0 Å². The van der Waals surface area contributed by atoms with Gasteiger partial charge in [-0.2, -0.15) is 5.26 Å². The maximum Gasteiger partial charge on any atom is 0.128 e. The molecular weight excluding hydrogens is 304 g/mol. The molecule has 5 heteroatoms. The molecule has 96 valence electrons. The topological polar surface area (TPSA) is 44.9 Å². The maximum atomic E-state index is 9.31. The maximum absolute atomic E-state index is 9.31. The van der Waals surface area contributed by atoms with Crippen molar-refractivity contribution >= 4 is 21.6 Å². The standard InChI is InChI=1S/C14H13BrN4/c15-8-11-1-2-13(12(7-11)9-16)19-6-5-18-4-3-17-14(18)10-19/h1-4,7H,5-6,8,10H2. The summed E-state index contributed by atoms with van der Waals surface area (Å²) in [5, 5.41) is 10.1. The summed E-state index contributed by atoms with van der Waals surface area (Å²) in [7, 11) is 0. The molecule has 0 fully saturated rings. The molecule has 2 heterocycles. The number of halogens is 1. The van der Waals surface area contributed by atoms with Crippen LogP contribution in [0.5, 0.6) is 0 Å². The molecule has 1 aliphatic heterocycles. The average Bonchev–Trinajstić information content (AvgIpc) is 2.93. The lowest BCUT2D eigenvalue weighted by Crippen LogP contribution is -2.34. The summed E-state index contributed by atoms with van der Waals surface area (Å²) < 4.78 is 2.16. The molecule has 0 atom stereocenters. The molecule has 1 aromatic heterocycles. The normalized spacial score (nSPS) is 14.0. The zero-order valence-corrected chi connectivity index (χ0v) is 12.0. The summed E-state index contributed by atoms with van der Waals surface area (Å²) >= 11 is 3.42. The van der Waals surface area contributed by atoms with Crippen LogP contribution in [0.25, 0.3) is 0 Å². The highest BCUT2D eigenvalue weighted by molar-refractivity contribution is 9.08. The number of rotatable bonds is 2. The minimum atomic E-state index is 0.733. The molecule has 0 radical (unpaired) electrons. The van der Waals surface area contributed by atoms with Gasteiger partial charge in [0.25, 0.3) is 0 Å². The van der Waals surface area contributed by atoms with E-state index in [-0.39, 0.29) is 0 Å². The molecule has 3 rings (SSSR count). The second kappa shape index (κ2) is 5.06. The van der Waals surface area contributed by atoms with Crippen molar-refractivity contribution in [1.29, 1.82) is 5.26 Å². The number of fused-ring (bicyclic) bond motifs is 1. The fourth-order valence-corrected chi connectivity index (χ4v) is 2.76. The first kappa shape index (κ1) is 12.2. The van der Waals surface area contributed by atoms with E-state index in [9.17, 15) is 5.26 Å². The molecule has 1 aliphatic rings. The van der Waals surface area contributed by atoms with Crippen LogP contribution in [-0.2, 0) is 18.4 Å². The molecule has 0 saturated heterocycles. The molecule has 0 amide bonds. The zero-order valence-electron chi connectivity index (χ0n) is 10.4. The average molecular weight is 317 g/mol. The Hall–Kier alpha value is -1.80. The lowest BCUT2D eigenvalue weighted by atomic mass is 10.1. The number of alkyl halides is 1. The summed E-state index contributed by atoms with van der Waals surface area (Å²) in [6.07, 6.45) is 3.84. The molecule has 1 aromatic carbocycles. The van der Waals surface area contributed by atoms with Crippen LogP contribution >= 0.6 is 15.9 Å². The van der Waals surface area contributed by atoms with Crippen LogP contribution in [0.1, 0.15) is 17.0 Å². The number of hydrogen-bond acceptors (Lipinski definition) is 3. The third-order valence-electron chi connectivity index (χ3n) is 3.42. The van der Waals surface area contributed by atoms with E-state index in [1.54, 1.807) is 0 Å². The van der Waals surface area contributed by atoms with Crippen LogP contribution in [0.15, 0.2) is 30.6 Å². The van der Waals surface area contributed by atoms with Gasteiger partial charge in [0.05, 0.1) is 17.8 Å². The van der Waals surface area contributed by atoms with Crippen LogP contribution in [0.4, 0.5) is 5.69 Å². The lowest BCUT2D eigenvalue weighted by molar-refractivity contribution is 0.560. The second-order valence-corrected chi connectivity index (χ2v) is 5.12. The van der Waals surface area contributed by atoms with Gasteiger partial charge < -0.3 is 9.47 Å². The molecule has 19 heavy (non-hydrogen) atoms. The highest BCUT2D eigenvalue weighted by atomic mass is 79.9. The van der Waals surface area contributed by atoms with E-state index in [4.69, 9.17) is 0 Å². The SMILES string of the molecule is N#Cc1cc(CBr)ccc1N1CCn2ccnc2C1. The Morgan fingerprint density at radius 3 is 3.05 bits per heavy atom. The first-order chi connectivity index (χ1) is 9.31. The summed E-state index contributed by atoms with van der Waals surface area (Å²) in [5.74, 6) is 1.06. The molecule has 0 N–H and O–H groups in total.